The van der Waals surface area contributed by atoms with Crippen molar-refractivity contribution >= 4 is 43.2 Å². The highest BCUT2D eigenvalue weighted by molar-refractivity contribution is 9.13. The largest absolute Gasteiger partial charge is 0.492 e. The monoisotopic (exact) mass is 391 g/mol. The van der Waals surface area contributed by atoms with E-state index in [9.17, 15) is 5.11 Å². The lowest BCUT2D eigenvalue weighted by atomic mass is 10.1. The Labute approximate surface area is 126 Å². The maximum Gasteiger partial charge on any atom is 0.137 e. The number of ether oxygens (including phenoxy) is 1. The molecule has 96 valence electrons. The molecule has 0 aliphatic heterocycles. The van der Waals surface area contributed by atoms with Gasteiger partial charge in [-0.05, 0) is 50.9 Å². The molecule has 0 saturated carbocycles. The number of aliphatic hydroxyl groups excluding tert-OH is 1. The van der Waals surface area contributed by atoms with Crippen molar-refractivity contribution in [3.05, 3.63) is 43.2 Å². The number of hydrogen-bond acceptors (Lipinski definition) is 4. The van der Waals surface area contributed by atoms with Gasteiger partial charge in [0.1, 0.15) is 11.9 Å². The third-order valence-electron chi connectivity index (χ3n) is 2.29. The summed E-state index contributed by atoms with van der Waals surface area (Å²) in [4.78, 5) is 4.93. The van der Waals surface area contributed by atoms with Crippen molar-refractivity contribution in [3.8, 4) is 5.75 Å². The summed E-state index contributed by atoms with van der Waals surface area (Å²) in [5.41, 5.74) is 0.724. The van der Waals surface area contributed by atoms with Crippen molar-refractivity contribution in [3.63, 3.8) is 0 Å². The Bertz CT molecular complexity index is 525. The molecule has 2 aromatic heterocycles. The van der Waals surface area contributed by atoms with Crippen molar-refractivity contribution in [2.75, 3.05) is 6.61 Å². The van der Waals surface area contributed by atoms with Crippen LogP contribution in [-0.4, -0.2) is 16.7 Å². The van der Waals surface area contributed by atoms with Crippen LogP contribution >= 0.6 is 43.2 Å². The third kappa shape index (κ3) is 3.12. The van der Waals surface area contributed by atoms with Gasteiger partial charge in [0.05, 0.1) is 16.6 Å². The topological polar surface area (TPSA) is 42.4 Å². The van der Waals surface area contributed by atoms with Crippen molar-refractivity contribution in [2.45, 2.75) is 13.0 Å². The highest BCUT2D eigenvalue weighted by Crippen LogP contribution is 2.37. The Balaban J connectivity index is 2.27. The van der Waals surface area contributed by atoms with Gasteiger partial charge in [-0.3, -0.25) is 4.98 Å². The van der Waals surface area contributed by atoms with E-state index in [1.54, 1.807) is 12.4 Å². The maximum atomic E-state index is 10.3. The first-order valence-corrected chi connectivity index (χ1v) is 7.72. The van der Waals surface area contributed by atoms with Crippen molar-refractivity contribution in [2.24, 2.45) is 0 Å². The Morgan fingerprint density at radius 2 is 2.17 bits per heavy atom. The first kappa shape index (κ1) is 14.0. The average molecular weight is 393 g/mol. The van der Waals surface area contributed by atoms with Gasteiger partial charge < -0.3 is 9.84 Å². The zero-order valence-electron chi connectivity index (χ0n) is 9.56. The van der Waals surface area contributed by atoms with Crippen LogP contribution in [0.1, 0.15) is 23.5 Å². The van der Waals surface area contributed by atoms with Crippen LogP contribution in [0.2, 0.25) is 0 Å². The molecule has 0 aliphatic rings. The quantitative estimate of drug-likeness (QED) is 0.849. The second-order valence-corrected chi connectivity index (χ2v) is 6.82. The second kappa shape index (κ2) is 6.14. The lowest BCUT2D eigenvalue weighted by Crippen LogP contribution is -1.99. The summed E-state index contributed by atoms with van der Waals surface area (Å²) in [6, 6.07) is 3.70. The molecule has 0 aliphatic carbocycles. The minimum atomic E-state index is -0.689. The Morgan fingerprint density at radius 1 is 1.39 bits per heavy atom. The van der Waals surface area contributed by atoms with Crippen LogP contribution in [0.3, 0.4) is 0 Å². The molecule has 0 radical (unpaired) electrons. The summed E-state index contributed by atoms with van der Waals surface area (Å²) in [5, 5.41) is 10.3. The molecule has 6 heteroatoms. The van der Waals surface area contributed by atoms with E-state index in [1.165, 1.54) is 11.3 Å². The number of nitrogens with zero attached hydrogens (tertiary/aromatic N) is 1. The number of rotatable bonds is 4. The smallest absolute Gasteiger partial charge is 0.137 e. The van der Waals surface area contributed by atoms with E-state index in [0.29, 0.717) is 12.4 Å². The van der Waals surface area contributed by atoms with E-state index in [0.717, 1.165) is 18.7 Å². The number of pyridine rings is 1. The molecule has 0 fully saturated rings. The molecular formula is C12H11Br2NO2S. The first-order chi connectivity index (χ1) is 8.61. The molecule has 2 rings (SSSR count). The first-order valence-electron chi connectivity index (χ1n) is 5.32. The van der Waals surface area contributed by atoms with Gasteiger partial charge in [0.15, 0.2) is 0 Å². The molecule has 18 heavy (non-hydrogen) atoms. The molecule has 1 atom stereocenters. The fourth-order valence-corrected chi connectivity index (χ4v) is 3.60. The van der Waals surface area contributed by atoms with Crippen LogP contribution in [0, 0.1) is 0 Å². The van der Waals surface area contributed by atoms with E-state index in [4.69, 9.17) is 4.74 Å². The maximum absolute atomic E-state index is 10.3. The van der Waals surface area contributed by atoms with E-state index >= 15 is 0 Å². The molecule has 0 aromatic carbocycles. The summed E-state index contributed by atoms with van der Waals surface area (Å²) < 4.78 is 7.28. The van der Waals surface area contributed by atoms with Crippen LogP contribution in [-0.2, 0) is 0 Å². The summed E-state index contributed by atoms with van der Waals surface area (Å²) in [5.74, 6) is 0.670. The van der Waals surface area contributed by atoms with Gasteiger partial charge in [-0.25, -0.2) is 0 Å². The zero-order chi connectivity index (χ0) is 13.1. The van der Waals surface area contributed by atoms with Crippen LogP contribution in [0.5, 0.6) is 5.75 Å². The van der Waals surface area contributed by atoms with Gasteiger partial charge >= 0.3 is 0 Å². The van der Waals surface area contributed by atoms with Gasteiger partial charge in [-0.1, -0.05) is 0 Å². The molecule has 0 saturated heterocycles. The molecule has 1 unspecified atom stereocenters. The van der Waals surface area contributed by atoms with Gasteiger partial charge in [-0.2, -0.15) is 0 Å². The third-order valence-corrected chi connectivity index (χ3v) is 5.60. The summed E-state index contributed by atoms with van der Waals surface area (Å²) in [6.45, 7) is 2.49. The second-order valence-electron chi connectivity index (χ2n) is 3.56. The normalized spacial score (nSPS) is 12.4. The van der Waals surface area contributed by atoms with Crippen LogP contribution in [0.4, 0.5) is 0 Å². The number of aliphatic hydroxyl groups is 1. The van der Waals surface area contributed by atoms with E-state index in [-0.39, 0.29) is 0 Å². The number of halogens is 2. The Hall–Kier alpha value is -0.430. The SMILES string of the molecule is CCOc1cncc(C(O)c2cc(Br)c(Br)s2)c1. The number of aromatic nitrogens is 1. The fourth-order valence-electron chi connectivity index (χ4n) is 1.49. The number of thiophene rings is 1. The van der Waals surface area contributed by atoms with Crippen LogP contribution in [0.15, 0.2) is 32.8 Å². The van der Waals surface area contributed by atoms with Crippen molar-refractivity contribution < 1.29 is 9.84 Å². The zero-order valence-corrected chi connectivity index (χ0v) is 13.5. The predicted molar refractivity (Wildman–Crippen MR) is 79.2 cm³/mol. The van der Waals surface area contributed by atoms with Gasteiger partial charge in [0.2, 0.25) is 0 Å². The summed E-state index contributed by atoms with van der Waals surface area (Å²) >= 11 is 8.31. The summed E-state index contributed by atoms with van der Waals surface area (Å²) in [6.07, 6.45) is 2.60. The Morgan fingerprint density at radius 3 is 2.78 bits per heavy atom. The van der Waals surface area contributed by atoms with E-state index in [1.807, 2.05) is 19.1 Å². The minimum Gasteiger partial charge on any atom is -0.492 e. The molecule has 3 nitrogen and oxygen atoms in total. The number of hydrogen-bond donors (Lipinski definition) is 1. The van der Waals surface area contributed by atoms with Gasteiger partial charge in [0, 0.05) is 21.1 Å². The average Bonchev–Trinajstić information content (AvgIpc) is 2.69. The van der Waals surface area contributed by atoms with Gasteiger partial charge in [-0.15, -0.1) is 11.3 Å². The fraction of sp³-hybridized carbons (Fsp3) is 0.250. The Kier molecular flexibility index (Phi) is 4.77. The van der Waals surface area contributed by atoms with Gasteiger partial charge in [0.25, 0.3) is 0 Å². The van der Waals surface area contributed by atoms with E-state index in [2.05, 4.69) is 36.8 Å². The van der Waals surface area contributed by atoms with Crippen LogP contribution in [0.25, 0.3) is 0 Å². The highest BCUT2D eigenvalue weighted by atomic mass is 79.9. The summed E-state index contributed by atoms with van der Waals surface area (Å²) in [7, 11) is 0. The molecule has 0 bridgehead atoms. The highest BCUT2D eigenvalue weighted by Gasteiger charge is 2.16. The van der Waals surface area contributed by atoms with E-state index < -0.39 is 6.10 Å². The molecular weight excluding hydrogens is 382 g/mol. The lowest BCUT2D eigenvalue weighted by molar-refractivity contribution is 0.222. The molecule has 0 spiro atoms. The lowest BCUT2D eigenvalue weighted by Gasteiger charge is -2.10. The van der Waals surface area contributed by atoms with Crippen LogP contribution < -0.4 is 4.74 Å². The molecule has 2 heterocycles. The molecule has 2 aromatic rings. The molecule has 1 N–H and O–H groups in total. The predicted octanol–water partition coefficient (Wildman–Crippen LogP) is 4.15. The minimum absolute atomic E-state index is 0.581. The van der Waals surface area contributed by atoms with Crippen molar-refractivity contribution in [1.29, 1.82) is 0 Å². The standard InChI is InChI=1S/C12H11Br2NO2S/c1-2-17-8-3-7(5-15-6-8)11(16)10-4-9(13)12(14)18-10/h3-6,11,16H,2H2,1H3. The molecule has 0 amide bonds. The van der Waals surface area contributed by atoms with Crippen molar-refractivity contribution in [1.82, 2.24) is 4.98 Å².